The molecule has 0 heterocycles. The minimum Gasteiger partial charge on any atom is -0.481 e. The fraction of sp³-hybridized carbons (Fsp3) is 0.583. The van der Waals surface area contributed by atoms with Gasteiger partial charge in [0.15, 0.2) is 0 Å². The number of allylic oxidation sites excluding steroid dienone is 2. The van der Waals surface area contributed by atoms with Crippen LogP contribution in [0.25, 0.3) is 11.1 Å². The van der Waals surface area contributed by atoms with Crippen LogP contribution < -0.4 is 0 Å². The molecule has 39 heavy (non-hydrogen) atoms. The second kappa shape index (κ2) is 9.91. The standard InChI is InChI=1S/C36H46O3/c1-24(9-18-33(37)38)30-16-17-31-29-15-14-28-23-36(39,22-21-34(28,2)32(29)19-20-35(30,31)3)27-12-10-26(11-13-27)25-7-5-4-6-8-25/h4-8,10-15,24,28-32,39H,9,16-23H2,1-3H3,(H,37,38)/t24-,28-,29+,30-,31+,32+,34+,35-,36+/m1/s1. The minimum atomic E-state index is -0.766. The highest BCUT2D eigenvalue weighted by molar-refractivity contribution is 5.66. The van der Waals surface area contributed by atoms with E-state index in [1.807, 2.05) is 6.07 Å². The van der Waals surface area contributed by atoms with Crippen LogP contribution in [0.15, 0.2) is 66.7 Å². The molecule has 2 N–H and O–H groups in total. The van der Waals surface area contributed by atoms with Crippen molar-refractivity contribution >= 4 is 5.97 Å². The van der Waals surface area contributed by atoms with Gasteiger partial charge in [0.2, 0.25) is 0 Å². The lowest BCUT2D eigenvalue weighted by Gasteiger charge is -2.60. The summed E-state index contributed by atoms with van der Waals surface area (Å²) in [5.74, 6) is 2.86. The highest BCUT2D eigenvalue weighted by Crippen LogP contribution is 2.68. The van der Waals surface area contributed by atoms with Crippen molar-refractivity contribution in [2.75, 3.05) is 0 Å². The minimum absolute atomic E-state index is 0.240. The lowest BCUT2D eigenvalue weighted by atomic mass is 9.45. The van der Waals surface area contributed by atoms with Gasteiger partial charge in [0.1, 0.15) is 0 Å². The van der Waals surface area contributed by atoms with E-state index in [1.54, 1.807) is 0 Å². The second-order valence-corrected chi connectivity index (χ2v) is 14.1. The Bertz CT molecular complexity index is 1220. The van der Waals surface area contributed by atoms with Gasteiger partial charge in [0.05, 0.1) is 5.60 Å². The van der Waals surface area contributed by atoms with Crippen molar-refractivity contribution < 1.29 is 15.0 Å². The van der Waals surface area contributed by atoms with Crippen LogP contribution in [0.3, 0.4) is 0 Å². The average Bonchev–Trinajstić information content (AvgIpc) is 3.30. The summed E-state index contributed by atoms with van der Waals surface area (Å²) in [5.41, 5.74) is 3.26. The van der Waals surface area contributed by atoms with Gasteiger partial charge in [-0.25, -0.2) is 0 Å². The smallest absolute Gasteiger partial charge is 0.303 e. The first-order chi connectivity index (χ1) is 18.6. The van der Waals surface area contributed by atoms with Crippen LogP contribution in [-0.4, -0.2) is 16.2 Å². The molecule has 0 amide bonds. The van der Waals surface area contributed by atoms with Gasteiger partial charge in [0, 0.05) is 6.42 Å². The fourth-order valence-corrected chi connectivity index (χ4v) is 10.00. The third-order valence-corrected chi connectivity index (χ3v) is 12.3. The van der Waals surface area contributed by atoms with Crippen molar-refractivity contribution in [3.05, 3.63) is 72.3 Å². The molecule has 3 fully saturated rings. The summed E-state index contributed by atoms with van der Waals surface area (Å²) in [7, 11) is 0. The van der Waals surface area contributed by atoms with Gasteiger partial charge in [-0.05, 0) is 114 Å². The van der Waals surface area contributed by atoms with E-state index in [0.717, 1.165) is 31.2 Å². The number of hydrogen-bond donors (Lipinski definition) is 2. The molecule has 0 spiro atoms. The molecule has 3 heteroatoms. The second-order valence-electron chi connectivity index (χ2n) is 14.1. The van der Waals surface area contributed by atoms with Crippen LogP contribution >= 0.6 is 0 Å². The summed E-state index contributed by atoms with van der Waals surface area (Å²) in [6, 6.07) is 19.1. The third kappa shape index (κ3) is 4.49. The van der Waals surface area contributed by atoms with Gasteiger partial charge in [-0.2, -0.15) is 0 Å². The molecule has 208 valence electrons. The Morgan fingerprint density at radius 1 is 0.872 bits per heavy atom. The van der Waals surface area contributed by atoms with Crippen LogP contribution in [0.2, 0.25) is 0 Å². The molecule has 2 aromatic carbocycles. The maximum atomic E-state index is 12.0. The summed E-state index contributed by atoms with van der Waals surface area (Å²) in [6.07, 6.45) is 13.9. The first-order valence-corrected chi connectivity index (χ1v) is 15.4. The maximum Gasteiger partial charge on any atom is 0.303 e. The van der Waals surface area contributed by atoms with Crippen LogP contribution in [-0.2, 0) is 10.4 Å². The maximum absolute atomic E-state index is 12.0. The topological polar surface area (TPSA) is 57.5 Å². The third-order valence-electron chi connectivity index (χ3n) is 12.3. The molecule has 0 aliphatic heterocycles. The molecule has 0 saturated heterocycles. The zero-order chi connectivity index (χ0) is 27.4. The van der Waals surface area contributed by atoms with Gasteiger partial charge in [0.25, 0.3) is 0 Å². The Labute approximate surface area is 234 Å². The molecule has 0 aromatic heterocycles. The van der Waals surface area contributed by atoms with E-state index in [2.05, 4.69) is 81.5 Å². The zero-order valence-electron chi connectivity index (χ0n) is 24.0. The number of benzene rings is 2. The van der Waals surface area contributed by atoms with Crippen molar-refractivity contribution in [1.29, 1.82) is 0 Å². The zero-order valence-corrected chi connectivity index (χ0v) is 24.0. The van der Waals surface area contributed by atoms with Crippen LogP contribution in [0.5, 0.6) is 0 Å². The number of fused-ring (bicyclic) bond motifs is 5. The molecule has 9 atom stereocenters. The summed E-state index contributed by atoms with van der Waals surface area (Å²) < 4.78 is 0. The van der Waals surface area contributed by atoms with E-state index < -0.39 is 11.6 Å². The Hall–Kier alpha value is -2.39. The van der Waals surface area contributed by atoms with E-state index in [1.165, 1.54) is 36.8 Å². The van der Waals surface area contributed by atoms with Gasteiger partial charge in [-0.1, -0.05) is 87.5 Å². The fourth-order valence-electron chi connectivity index (χ4n) is 10.00. The number of aliphatic carboxylic acids is 1. The average molecular weight is 527 g/mol. The number of carbonyl (C=O) groups is 1. The molecule has 0 radical (unpaired) electrons. The summed E-state index contributed by atoms with van der Waals surface area (Å²) in [4.78, 5) is 11.2. The SMILES string of the molecule is C[C@H](CCC(=O)O)[C@H]1CC[C@H]2[C@@H]3C=C[C@@H]4C[C@](O)(c5ccc(-c6ccccc6)cc5)CC[C@]4(C)[C@H]3CC[C@]12C. The lowest BCUT2D eigenvalue weighted by Crippen LogP contribution is -2.53. The van der Waals surface area contributed by atoms with E-state index in [-0.39, 0.29) is 5.41 Å². The van der Waals surface area contributed by atoms with E-state index in [0.29, 0.717) is 47.3 Å². The van der Waals surface area contributed by atoms with Crippen LogP contribution in [0.1, 0.15) is 84.1 Å². The van der Waals surface area contributed by atoms with Crippen LogP contribution in [0, 0.1) is 46.3 Å². The monoisotopic (exact) mass is 526 g/mol. The molecular formula is C36H46O3. The number of carboxylic acids is 1. The highest BCUT2D eigenvalue weighted by atomic mass is 16.4. The summed E-state index contributed by atoms with van der Waals surface area (Å²) in [5, 5.41) is 21.2. The predicted octanol–water partition coefficient (Wildman–Crippen LogP) is 8.48. The molecule has 3 saturated carbocycles. The largest absolute Gasteiger partial charge is 0.481 e. The molecular weight excluding hydrogens is 480 g/mol. The predicted molar refractivity (Wildman–Crippen MR) is 157 cm³/mol. The van der Waals surface area contributed by atoms with Gasteiger partial charge < -0.3 is 10.2 Å². The van der Waals surface area contributed by atoms with Crippen molar-refractivity contribution in [2.45, 2.75) is 84.2 Å². The van der Waals surface area contributed by atoms with Crippen molar-refractivity contribution in [3.63, 3.8) is 0 Å². The van der Waals surface area contributed by atoms with Gasteiger partial charge in [-0.3, -0.25) is 4.79 Å². The Morgan fingerprint density at radius 3 is 2.28 bits per heavy atom. The summed E-state index contributed by atoms with van der Waals surface area (Å²) in [6.45, 7) is 7.36. The van der Waals surface area contributed by atoms with Crippen molar-refractivity contribution in [1.82, 2.24) is 0 Å². The van der Waals surface area contributed by atoms with Crippen molar-refractivity contribution in [2.24, 2.45) is 46.3 Å². The number of rotatable bonds is 6. The normalized spacial score (nSPS) is 39.8. The van der Waals surface area contributed by atoms with E-state index in [4.69, 9.17) is 0 Å². The first-order valence-electron chi connectivity index (χ1n) is 15.4. The molecule has 2 aromatic rings. The Morgan fingerprint density at radius 2 is 1.56 bits per heavy atom. The Kier molecular flexibility index (Phi) is 6.81. The molecule has 3 nitrogen and oxygen atoms in total. The van der Waals surface area contributed by atoms with Crippen LogP contribution in [0.4, 0.5) is 0 Å². The highest BCUT2D eigenvalue weighted by Gasteiger charge is 2.60. The molecule has 4 aliphatic carbocycles. The van der Waals surface area contributed by atoms with Gasteiger partial charge >= 0.3 is 5.97 Å². The molecule has 0 bridgehead atoms. The molecule has 6 rings (SSSR count). The number of carboxylic acid groups (broad SMARTS) is 1. The van der Waals surface area contributed by atoms with E-state index in [9.17, 15) is 15.0 Å². The first kappa shape index (κ1) is 26.8. The molecule has 4 aliphatic rings. The van der Waals surface area contributed by atoms with E-state index >= 15 is 0 Å². The van der Waals surface area contributed by atoms with Gasteiger partial charge in [-0.15, -0.1) is 0 Å². The number of hydrogen-bond acceptors (Lipinski definition) is 2. The molecule has 0 unspecified atom stereocenters. The summed E-state index contributed by atoms with van der Waals surface area (Å²) >= 11 is 0. The number of aliphatic hydroxyl groups is 1. The Balaban J connectivity index is 1.20. The lowest BCUT2D eigenvalue weighted by molar-refractivity contribution is -0.137. The van der Waals surface area contributed by atoms with Crippen molar-refractivity contribution in [3.8, 4) is 11.1 Å². The quantitative estimate of drug-likeness (QED) is 0.371.